The van der Waals surface area contributed by atoms with Crippen molar-refractivity contribution in [2.45, 2.75) is 20.4 Å². The van der Waals surface area contributed by atoms with Crippen LogP contribution in [-0.4, -0.2) is 29.1 Å². The Bertz CT molecular complexity index is 324. The molecule has 1 aromatic carbocycles. The van der Waals surface area contributed by atoms with Gasteiger partial charge in [-0.05, 0) is 12.1 Å². The third kappa shape index (κ3) is 4.03. The first-order chi connectivity index (χ1) is 7.63. The van der Waals surface area contributed by atoms with E-state index in [1.54, 1.807) is 6.92 Å². The van der Waals surface area contributed by atoms with Crippen LogP contribution in [0.3, 0.4) is 0 Å². The highest BCUT2D eigenvalue weighted by Crippen LogP contribution is 2.07. The second-order valence-corrected chi connectivity index (χ2v) is 4.05. The highest BCUT2D eigenvalue weighted by Gasteiger charge is 2.14. The number of hydrogen-bond acceptors (Lipinski definition) is 2. The Morgan fingerprint density at radius 2 is 2.00 bits per heavy atom. The van der Waals surface area contributed by atoms with Crippen LogP contribution in [-0.2, 0) is 11.3 Å². The number of carboxylic acids is 1. The number of nitrogens with zero attached hydrogens (tertiary/aromatic N) is 1. The molecule has 0 radical (unpaired) electrons. The summed E-state index contributed by atoms with van der Waals surface area (Å²) >= 11 is 0. The van der Waals surface area contributed by atoms with Crippen molar-refractivity contribution in [3.8, 4) is 0 Å². The Labute approximate surface area is 96.7 Å². The Balaban J connectivity index is 2.53. The van der Waals surface area contributed by atoms with Crippen LogP contribution in [0.1, 0.15) is 19.4 Å². The van der Waals surface area contributed by atoms with Crippen molar-refractivity contribution in [3.05, 3.63) is 35.9 Å². The largest absolute Gasteiger partial charge is 0.481 e. The van der Waals surface area contributed by atoms with Crippen LogP contribution in [0.25, 0.3) is 0 Å². The van der Waals surface area contributed by atoms with E-state index in [0.717, 1.165) is 13.1 Å². The zero-order valence-electron chi connectivity index (χ0n) is 9.89. The van der Waals surface area contributed by atoms with Gasteiger partial charge in [-0.25, -0.2) is 0 Å². The van der Waals surface area contributed by atoms with Gasteiger partial charge in [0.25, 0.3) is 0 Å². The van der Waals surface area contributed by atoms with Crippen LogP contribution in [0.5, 0.6) is 0 Å². The summed E-state index contributed by atoms with van der Waals surface area (Å²) in [6, 6.07) is 10.1. The predicted molar refractivity (Wildman–Crippen MR) is 64.2 cm³/mol. The van der Waals surface area contributed by atoms with Crippen LogP contribution < -0.4 is 0 Å². The first-order valence-electron chi connectivity index (χ1n) is 5.62. The summed E-state index contributed by atoms with van der Waals surface area (Å²) < 4.78 is 0. The molecule has 0 aliphatic heterocycles. The van der Waals surface area contributed by atoms with E-state index in [-0.39, 0.29) is 5.92 Å². The minimum atomic E-state index is -0.730. The molecular weight excluding hydrogens is 202 g/mol. The van der Waals surface area contributed by atoms with Gasteiger partial charge in [0.2, 0.25) is 0 Å². The lowest BCUT2D eigenvalue weighted by Crippen LogP contribution is -2.31. The standard InChI is InChI=1S/C13H19NO2/c1-3-14(9-11(2)13(15)16)10-12-7-5-4-6-8-12/h4-8,11H,3,9-10H2,1-2H3,(H,15,16). The van der Waals surface area contributed by atoms with Crippen molar-refractivity contribution in [2.24, 2.45) is 5.92 Å². The molecule has 0 heterocycles. The van der Waals surface area contributed by atoms with Crippen LogP contribution in [0, 0.1) is 5.92 Å². The number of benzene rings is 1. The van der Waals surface area contributed by atoms with Crippen molar-refractivity contribution in [1.29, 1.82) is 0 Å². The van der Waals surface area contributed by atoms with Crippen LogP contribution in [0.4, 0.5) is 0 Å². The monoisotopic (exact) mass is 221 g/mol. The lowest BCUT2D eigenvalue weighted by Gasteiger charge is -2.22. The molecular formula is C13H19NO2. The van der Waals surface area contributed by atoms with Gasteiger partial charge in [0.1, 0.15) is 0 Å². The minimum absolute atomic E-state index is 0.316. The van der Waals surface area contributed by atoms with E-state index >= 15 is 0 Å². The lowest BCUT2D eigenvalue weighted by molar-refractivity contribution is -0.141. The van der Waals surface area contributed by atoms with E-state index in [0.29, 0.717) is 6.54 Å². The maximum atomic E-state index is 10.8. The first kappa shape index (κ1) is 12.7. The zero-order chi connectivity index (χ0) is 12.0. The summed E-state index contributed by atoms with van der Waals surface area (Å²) in [6.45, 7) is 6.08. The van der Waals surface area contributed by atoms with Crippen LogP contribution in [0.15, 0.2) is 30.3 Å². The van der Waals surface area contributed by atoms with Gasteiger partial charge in [-0.1, -0.05) is 44.2 Å². The van der Waals surface area contributed by atoms with E-state index in [1.807, 2.05) is 18.2 Å². The second kappa shape index (κ2) is 6.28. The molecule has 0 aromatic heterocycles. The number of aliphatic carboxylic acids is 1. The lowest BCUT2D eigenvalue weighted by atomic mass is 10.1. The van der Waals surface area contributed by atoms with E-state index in [9.17, 15) is 4.79 Å². The van der Waals surface area contributed by atoms with Crippen molar-refractivity contribution in [1.82, 2.24) is 4.90 Å². The molecule has 0 saturated heterocycles. The summed E-state index contributed by atoms with van der Waals surface area (Å²) in [6.07, 6.45) is 0. The average molecular weight is 221 g/mol. The fourth-order valence-electron chi connectivity index (χ4n) is 1.61. The molecule has 1 unspecified atom stereocenters. The van der Waals surface area contributed by atoms with Crippen molar-refractivity contribution < 1.29 is 9.90 Å². The highest BCUT2D eigenvalue weighted by atomic mass is 16.4. The molecule has 0 fully saturated rings. The fraction of sp³-hybridized carbons (Fsp3) is 0.462. The van der Waals surface area contributed by atoms with E-state index in [1.165, 1.54) is 5.56 Å². The predicted octanol–water partition coefficient (Wildman–Crippen LogP) is 2.23. The van der Waals surface area contributed by atoms with Crippen molar-refractivity contribution in [2.75, 3.05) is 13.1 Å². The van der Waals surface area contributed by atoms with Crippen LogP contribution in [0.2, 0.25) is 0 Å². The normalized spacial score (nSPS) is 12.7. The molecule has 88 valence electrons. The van der Waals surface area contributed by atoms with Gasteiger partial charge in [0.05, 0.1) is 5.92 Å². The van der Waals surface area contributed by atoms with E-state index in [2.05, 4.69) is 24.0 Å². The highest BCUT2D eigenvalue weighted by molar-refractivity contribution is 5.69. The van der Waals surface area contributed by atoms with E-state index < -0.39 is 5.97 Å². The summed E-state index contributed by atoms with van der Waals surface area (Å²) in [5, 5.41) is 8.87. The molecule has 16 heavy (non-hydrogen) atoms. The molecule has 3 nitrogen and oxygen atoms in total. The fourth-order valence-corrected chi connectivity index (χ4v) is 1.61. The van der Waals surface area contributed by atoms with Gasteiger partial charge in [-0.2, -0.15) is 0 Å². The molecule has 1 atom stereocenters. The topological polar surface area (TPSA) is 40.5 Å². The summed E-state index contributed by atoms with van der Waals surface area (Å²) in [5.41, 5.74) is 1.22. The Kier molecular flexibility index (Phi) is 4.99. The molecule has 3 heteroatoms. The molecule has 1 N–H and O–H groups in total. The third-order valence-electron chi connectivity index (χ3n) is 2.65. The summed E-state index contributed by atoms with van der Waals surface area (Å²) in [4.78, 5) is 12.9. The van der Waals surface area contributed by atoms with Gasteiger partial charge in [-0.15, -0.1) is 0 Å². The third-order valence-corrected chi connectivity index (χ3v) is 2.65. The average Bonchev–Trinajstić information content (AvgIpc) is 2.29. The maximum Gasteiger partial charge on any atom is 0.307 e. The smallest absolute Gasteiger partial charge is 0.307 e. The van der Waals surface area contributed by atoms with Crippen molar-refractivity contribution >= 4 is 5.97 Å². The quantitative estimate of drug-likeness (QED) is 0.800. The number of hydrogen-bond donors (Lipinski definition) is 1. The minimum Gasteiger partial charge on any atom is -0.481 e. The Hall–Kier alpha value is -1.35. The molecule has 0 aliphatic carbocycles. The molecule has 0 spiro atoms. The Morgan fingerprint density at radius 3 is 2.50 bits per heavy atom. The maximum absolute atomic E-state index is 10.8. The number of carboxylic acid groups (broad SMARTS) is 1. The molecule has 0 aliphatic rings. The van der Waals surface area contributed by atoms with Gasteiger partial charge in [-0.3, -0.25) is 9.69 Å². The van der Waals surface area contributed by atoms with Crippen LogP contribution >= 0.6 is 0 Å². The molecule has 0 bridgehead atoms. The number of rotatable bonds is 6. The van der Waals surface area contributed by atoms with Gasteiger partial charge in [0.15, 0.2) is 0 Å². The van der Waals surface area contributed by atoms with Gasteiger partial charge in [0, 0.05) is 13.1 Å². The van der Waals surface area contributed by atoms with Crippen molar-refractivity contribution in [3.63, 3.8) is 0 Å². The zero-order valence-corrected chi connectivity index (χ0v) is 9.89. The second-order valence-electron chi connectivity index (χ2n) is 4.05. The number of carbonyl (C=O) groups is 1. The SMILES string of the molecule is CCN(Cc1ccccc1)CC(C)C(=O)O. The summed E-state index contributed by atoms with van der Waals surface area (Å²) in [7, 11) is 0. The van der Waals surface area contributed by atoms with E-state index in [4.69, 9.17) is 5.11 Å². The Morgan fingerprint density at radius 1 is 1.38 bits per heavy atom. The first-order valence-corrected chi connectivity index (χ1v) is 5.62. The van der Waals surface area contributed by atoms with Gasteiger partial charge < -0.3 is 5.11 Å². The summed E-state index contributed by atoms with van der Waals surface area (Å²) in [5.74, 6) is -1.05. The molecule has 0 saturated carbocycles. The molecule has 0 amide bonds. The molecule has 1 aromatic rings. The molecule has 1 rings (SSSR count). The van der Waals surface area contributed by atoms with Gasteiger partial charge >= 0.3 is 5.97 Å².